The van der Waals surface area contributed by atoms with Gasteiger partial charge >= 0.3 is 0 Å². The Morgan fingerprint density at radius 2 is 2.33 bits per heavy atom. The second-order valence-electron chi connectivity index (χ2n) is 2.78. The van der Waals surface area contributed by atoms with E-state index in [1.807, 2.05) is 12.1 Å². The summed E-state index contributed by atoms with van der Waals surface area (Å²) in [7, 11) is 0. The van der Waals surface area contributed by atoms with Crippen molar-refractivity contribution in [3.05, 3.63) is 35.4 Å². The molecule has 0 N–H and O–H groups in total. The van der Waals surface area contributed by atoms with Gasteiger partial charge in [0.1, 0.15) is 0 Å². The standard InChI is InChI=1S/C10H10N.Y/c1-8-10-5-3-2-4-9(10)6-7-11-8;/h2-3,5H,6-7H2,1H3;/q-1;. The molecule has 1 radical (unpaired) electrons. The number of hydrogen-bond acceptors (Lipinski definition) is 1. The smallest absolute Gasteiger partial charge is 0.0400 e. The summed E-state index contributed by atoms with van der Waals surface area (Å²) in [5.41, 5.74) is 3.75. The first-order valence-corrected chi connectivity index (χ1v) is 3.89. The monoisotopic (exact) mass is 233 g/mol. The Hall–Kier alpha value is -0.00610. The van der Waals surface area contributed by atoms with Gasteiger partial charge in [0.15, 0.2) is 0 Å². The molecule has 1 aromatic carbocycles. The summed E-state index contributed by atoms with van der Waals surface area (Å²) < 4.78 is 0. The van der Waals surface area contributed by atoms with E-state index < -0.39 is 0 Å². The van der Waals surface area contributed by atoms with Crippen molar-refractivity contribution < 1.29 is 32.7 Å². The molecule has 1 aliphatic heterocycles. The number of aliphatic imine (C=N–C) groups is 1. The second kappa shape index (κ2) is 4.29. The molecule has 0 saturated carbocycles. The molecule has 0 saturated heterocycles. The molecule has 1 heterocycles. The van der Waals surface area contributed by atoms with Crippen molar-refractivity contribution in [2.75, 3.05) is 6.54 Å². The molecule has 1 aliphatic rings. The predicted octanol–water partition coefficient (Wildman–Crippen LogP) is 1.85. The van der Waals surface area contributed by atoms with Crippen molar-refractivity contribution in [3.63, 3.8) is 0 Å². The van der Waals surface area contributed by atoms with Gasteiger partial charge in [-0.05, 0) is 19.1 Å². The third-order valence-corrected chi connectivity index (χ3v) is 2.04. The number of hydrogen-bond donors (Lipinski definition) is 0. The van der Waals surface area contributed by atoms with Gasteiger partial charge in [-0.25, -0.2) is 0 Å². The van der Waals surface area contributed by atoms with Crippen molar-refractivity contribution in [2.24, 2.45) is 4.99 Å². The maximum absolute atomic E-state index is 4.37. The summed E-state index contributed by atoms with van der Waals surface area (Å²) in [6, 6.07) is 9.34. The van der Waals surface area contributed by atoms with Crippen LogP contribution in [0.15, 0.2) is 23.2 Å². The third kappa shape index (κ3) is 1.83. The van der Waals surface area contributed by atoms with Crippen molar-refractivity contribution in [3.8, 4) is 0 Å². The molecule has 0 fully saturated rings. The Labute approximate surface area is 98.2 Å². The minimum atomic E-state index is 0. The quantitative estimate of drug-likeness (QED) is 0.606. The molecule has 1 aromatic rings. The molecule has 1 nitrogen and oxygen atoms in total. The molecule has 2 heteroatoms. The third-order valence-electron chi connectivity index (χ3n) is 2.04. The van der Waals surface area contributed by atoms with E-state index in [1.165, 1.54) is 11.1 Å². The van der Waals surface area contributed by atoms with Crippen LogP contribution < -0.4 is 0 Å². The number of benzene rings is 1. The zero-order chi connectivity index (χ0) is 7.68. The summed E-state index contributed by atoms with van der Waals surface area (Å²) in [5.74, 6) is 0. The minimum Gasteiger partial charge on any atom is -0.302 e. The molecule has 0 aromatic heterocycles. The fourth-order valence-corrected chi connectivity index (χ4v) is 1.44. The molecular formula is C10H10NY-. The van der Waals surface area contributed by atoms with Crippen LogP contribution in [-0.2, 0) is 39.1 Å². The van der Waals surface area contributed by atoms with Crippen LogP contribution in [0.25, 0.3) is 0 Å². The summed E-state index contributed by atoms with van der Waals surface area (Å²) >= 11 is 0. The summed E-state index contributed by atoms with van der Waals surface area (Å²) in [6.07, 6.45) is 1.05. The molecule has 59 valence electrons. The predicted molar refractivity (Wildman–Crippen MR) is 46.1 cm³/mol. The fraction of sp³-hybridized carbons (Fsp3) is 0.300. The van der Waals surface area contributed by atoms with Gasteiger partial charge in [0.05, 0.1) is 0 Å². The van der Waals surface area contributed by atoms with Crippen LogP contribution in [-0.4, -0.2) is 12.3 Å². The first kappa shape index (κ1) is 10.1. The number of fused-ring (bicyclic) bond motifs is 1. The Morgan fingerprint density at radius 3 is 3.08 bits per heavy atom. The van der Waals surface area contributed by atoms with Crippen LogP contribution in [0.1, 0.15) is 18.1 Å². The molecule has 2 rings (SSSR count). The van der Waals surface area contributed by atoms with Gasteiger partial charge < -0.3 is 4.99 Å². The topological polar surface area (TPSA) is 12.4 Å². The van der Waals surface area contributed by atoms with Gasteiger partial charge in [0.25, 0.3) is 0 Å². The molecule has 0 bridgehead atoms. The van der Waals surface area contributed by atoms with Crippen LogP contribution in [0.5, 0.6) is 0 Å². The SMILES string of the molecule is CC1=NCCc2[c-]cccc21.[Y]. The van der Waals surface area contributed by atoms with Crippen LogP contribution in [0.3, 0.4) is 0 Å². The number of nitrogens with zero attached hydrogens (tertiary/aromatic N) is 1. The average Bonchev–Trinajstić information content (AvgIpc) is 2.06. The molecular weight excluding hydrogens is 223 g/mol. The normalized spacial score (nSPS) is 14.2. The Kier molecular flexibility index (Phi) is 3.60. The second-order valence-corrected chi connectivity index (χ2v) is 2.78. The van der Waals surface area contributed by atoms with Crippen LogP contribution in [0, 0.1) is 6.07 Å². The fourth-order valence-electron chi connectivity index (χ4n) is 1.44. The van der Waals surface area contributed by atoms with Crippen molar-refractivity contribution in [1.82, 2.24) is 0 Å². The summed E-state index contributed by atoms with van der Waals surface area (Å²) in [6.45, 7) is 2.99. The molecule has 0 atom stereocenters. The molecule has 0 unspecified atom stereocenters. The molecule has 0 amide bonds. The summed E-state index contributed by atoms with van der Waals surface area (Å²) in [4.78, 5) is 4.37. The Morgan fingerprint density at radius 1 is 1.50 bits per heavy atom. The van der Waals surface area contributed by atoms with Gasteiger partial charge in [0, 0.05) is 39.3 Å². The Balaban J connectivity index is 0.000000720. The van der Waals surface area contributed by atoms with Crippen LogP contribution in [0.4, 0.5) is 0 Å². The molecule has 0 aliphatic carbocycles. The van der Waals surface area contributed by atoms with Crippen LogP contribution >= 0.6 is 0 Å². The maximum atomic E-state index is 4.37. The minimum absolute atomic E-state index is 0. The van der Waals surface area contributed by atoms with Crippen LogP contribution in [0.2, 0.25) is 0 Å². The van der Waals surface area contributed by atoms with E-state index in [9.17, 15) is 0 Å². The van der Waals surface area contributed by atoms with Gasteiger partial charge in [-0.1, -0.05) is 0 Å². The van der Waals surface area contributed by atoms with Gasteiger partial charge in [-0.15, -0.1) is 5.56 Å². The number of rotatable bonds is 0. The van der Waals surface area contributed by atoms with E-state index in [-0.39, 0.29) is 32.7 Å². The van der Waals surface area contributed by atoms with E-state index >= 15 is 0 Å². The zero-order valence-corrected chi connectivity index (χ0v) is 10.0. The van der Waals surface area contributed by atoms with E-state index in [0.29, 0.717) is 0 Å². The Bertz CT molecular complexity index is 304. The molecule has 12 heavy (non-hydrogen) atoms. The first-order chi connectivity index (χ1) is 5.38. The first-order valence-electron chi connectivity index (χ1n) is 3.89. The maximum Gasteiger partial charge on any atom is 0.0400 e. The van der Waals surface area contributed by atoms with E-state index in [4.69, 9.17) is 0 Å². The van der Waals surface area contributed by atoms with E-state index in [0.717, 1.165) is 18.7 Å². The van der Waals surface area contributed by atoms with E-state index in [2.05, 4.69) is 24.0 Å². The molecule has 0 spiro atoms. The van der Waals surface area contributed by atoms with Gasteiger partial charge in [-0.2, -0.15) is 29.8 Å². The van der Waals surface area contributed by atoms with E-state index in [1.54, 1.807) is 0 Å². The average molecular weight is 233 g/mol. The summed E-state index contributed by atoms with van der Waals surface area (Å²) in [5, 5.41) is 0. The zero-order valence-electron chi connectivity index (χ0n) is 7.17. The van der Waals surface area contributed by atoms with Gasteiger partial charge in [0.2, 0.25) is 0 Å². The largest absolute Gasteiger partial charge is 0.302 e. The van der Waals surface area contributed by atoms with Gasteiger partial charge in [-0.3, -0.25) is 0 Å². The van der Waals surface area contributed by atoms with Crippen molar-refractivity contribution in [2.45, 2.75) is 13.3 Å². The van der Waals surface area contributed by atoms with Crippen molar-refractivity contribution >= 4 is 5.71 Å². The van der Waals surface area contributed by atoms with Crippen molar-refractivity contribution in [1.29, 1.82) is 0 Å².